The number of hydrogen-bond donors (Lipinski definition) is 1. The molecule has 0 saturated carbocycles. The first-order valence-corrected chi connectivity index (χ1v) is 11.6. The van der Waals surface area contributed by atoms with Gasteiger partial charge in [0.05, 0.1) is 32.6 Å². The molecule has 0 saturated heterocycles. The first-order chi connectivity index (χ1) is 14.6. The van der Waals surface area contributed by atoms with Crippen LogP contribution in [0.5, 0.6) is 0 Å². The quantitative estimate of drug-likeness (QED) is 0.262. The van der Waals surface area contributed by atoms with E-state index in [1.54, 1.807) is 18.2 Å². The van der Waals surface area contributed by atoms with Gasteiger partial charge in [-0.05, 0) is 17.7 Å². The molecule has 7 nitrogen and oxygen atoms in total. The molecule has 1 aliphatic rings. The third-order valence-electron chi connectivity index (χ3n) is 5.03. The van der Waals surface area contributed by atoms with E-state index in [9.17, 15) is 13.2 Å². The number of nitrogens with one attached hydrogen (secondary N) is 1. The number of benzene rings is 2. The van der Waals surface area contributed by atoms with E-state index in [2.05, 4.69) is 26.5 Å². The Morgan fingerprint density at radius 3 is 2.31 bits per heavy atom. The van der Waals surface area contributed by atoms with Crippen molar-refractivity contribution in [1.29, 1.82) is 0 Å². The predicted molar refractivity (Wildman–Crippen MR) is 120 cm³/mol. The van der Waals surface area contributed by atoms with Crippen molar-refractivity contribution in [3.63, 3.8) is 0 Å². The maximum atomic E-state index is 13.1. The molecule has 2 aromatic rings. The van der Waals surface area contributed by atoms with E-state index in [0.29, 0.717) is 12.1 Å². The Hall–Kier alpha value is -2.11. The summed E-state index contributed by atoms with van der Waals surface area (Å²) in [5.41, 5.74) is 1.32. The fraction of sp³-hybridized carbons (Fsp3) is 0.348. The van der Waals surface area contributed by atoms with Gasteiger partial charge in [-0.1, -0.05) is 42.5 Å². The minimum absolute atomic E-state index is 0. The van der Waals surface area contributed by atoms with Gasteiger partial charge in [0, 0.05) is 25.6 Å². The van der Waals surface area contributed by atoms with Gasteiger partial charge in [-0.3, -0.25) is 9.10 Å². The summed E-state index contributed by atoms with van der Waals surface area (Å²) in [6.07, 6.45) is 0.774. The van der Waals surface area contributed by atoms with E-state index >= 15 is 0 Å². The summed E-state index contributed by atoms with van der Waals surface area (Å²) in [5.74, 6) is -0.203. The zero-order chi connectivity index (χ0) is 22.6. The lowest BCUT2D eigenvalue weighted by Crippen LogP contribution is -3.00. The fourth-order valence-corrected chi connectivity index (χ4v) is 4.77. The number of sulfonamides is 1. The molecular formula is C23H30IN3O4S. The summed E-state index contributed by atoms with van der Waals surface area (Å²) in [4.78, 5) is 13.2. The highest BCUT2D eigenvalue weighted by Crippen LogP contribution is 2.37. The van der Waals surface area contributed by atoms with E-state index in [1.807, 2.05) is 30.3 Å². The second-order valence-corrected chi connectivity index (χ2v) is 10.5. The van der Waals surface area contributed by atoms with Crippen LogP contribution in [0.25, 0.3) is 5.76 Å². The molecule has 9 heteroatoms. The number of fused-ring (bicyclic) bond motifs is 1. The number of halogens is 1. The van der Waals surface area contributed by atoms with Crippen LogP contribution in [0.4, 0.5) is 0 Å². The number of ether oxygens (including phenoxy) is 1. The van der Waals surface area contributed by atoms with Crippen molar-refractivity contribution in [2.24, 2.45) is 0 Å². The Morgan fingerprint density at radius 1 is 1.03 bits per heavy atom. The van der Waals surface area contributed by atoms with Crippen LogP contribution in [0.2, 0.25) is 0 Å². The number of hydrogen-bond acceptors (Lipinski definition) is 4. The molecule has 0 unspecified atom stereocenters. The number of likely N-dealkylation sites (N-methyl/N-ethyl adjacent to an activating group) is 1. The minimum Gasteiger partial charge on any atom is -1.00 e. The van der Waals surface area contributed by atoms with Crippen LogP contribution < -0.4 is 29.3 Å². The van der Waals surface area contributed by atoms with E-state index in [-0.39, 0.29) is 46.9 Å². The van der Waals surface area contributed by atoms with Gasteiger partial charge in [-0.2, -0.15) is 0 Å². The Labute approximate surface area is 207 Å². The highest BCUT2D eigenvalue weighted by atomic mass is 127. The maximum Gasteiger partial charge on any atom is 0.272 e. The molecule has 32 heavy (non-hydrogen) atoms. The highest BCUT2D eigenvalue weighted by Gasteiger charge is 2.38. The molecule has 0 spiro atoms. The molecule has 174 valence electrons. The molecule has 0 atom stereocenters. The summed E-state index contributed by atoms with van der Waals surface area (Å²) in [6, 6.07) is 16.2. The molecular weight excluding hydrogens is 541 g/mol. The number of carbonyl (C=O) groups is 1. The Balaban J connectivity index is 0.00000363. The van der Waals surface area contributed by atoms with E-state index < -0.39 is 15.9 Å². The molecule has 1 aliphatic heterocycles. The van der Waals surface area contributed by atoms with Crippen molar-refractivity contribution >= 4 is 21.7 Å². The van der Waals surface area contributed by atoms with Crippen molar-refractivity contribution in [2.45, 2.75) is 17.9 Å². The van der Waals surface area contributed by atoms with Crippen LogP contribution in [-0.2, 0) is 26.2 Å². The number of rotatable bonds is 8. The van der Waals surface area contributed by atoms with Crippen molar-refractivity contribution in [3.8, 4) is 0 Å². The Bertz CT molecular complexity index is 1080. The molecule has 1 heterocycles. The van der Waals surface area contributed by atoms with Gasteiger partial charge in [-0.15, -0.1) is 0 Å². The monoisotopic (exact) mass is 571 g/mol. The summed E-state index contributed by atoms with van der Waals surface area (Å²) < 4.78 is 34.0. The average molecular weight is 571 g/mol. The minimum atomic E-state index is -3.85. The van der Waals surface area contributed by atoms with Crippen LogP contribution in [0.15, 0.2) is 65.2 Å². The average Bonchev–Trinajstić information content (AvgIpc) is 2.73. The number of nitrogens with zero attached hydrogens (tertiary/aromatic N) is 2. The number of quaternary nitrogens is 1. The predicted octanol–water partition coefficient (Wildman–Crippen LogP) is -0.577. The summed E-state index contributed by atoms with van der Waals surface area (Å²) in [7, 11) is 3.78. The topological polar surface area (TPSA) is 75.7 Å². The lowest BCUT2D eigenvalue weighted by atomic mass is 10.1. The summed E-state index contributed by atoms with van der Waals surface area (Å²) in [6.45, 7) is 1.55. The summed E-state index contributed by atoms with van der Waals surface area (Å²) in [5, 5.41) is 2.86. The van der Waals surface area contributed by atoms with Gasteiger partial charge in [-0.25, -0.2) is 8.42 Å². The largest absolute Gasteiger partial charge is 1.00 e. The summed E-state index contributed by atoms with van der Waals surface area (Å²) >= 11 is 0. The van der Waals surface area contributed by atoms with Crippen molar-refractivity contribution in [3.05, 3.63) is 71.4 Å². The molecule has 0 aliphatic carbocycles. The van der Waals surface area contributed by atoms with Crippen LogP contribution in [0.3, 0.4) is 0 Å². The van der Waals surface area contributed by atoms with Gasteiger partial charge in [0.15, 0.2) is 11.5 Å². The van der Waals surface area contributed by atoms with Crippen molar-refractivity contribution in [2.75, 3.05) is 41.3 Å². The normalized spacial score (nSPS) is 14.9. The third kappa shape index (κ3) is 6.02. The second kappa shape index (κ2) is 10.7. The van der Waals surface area contributed by atoms with Gasteiger partial charge in [0.2, 0.25) is 0 Å². The molecule has 1 N–H and O–H groups in total. The van der Waals surface area contributed by atoms with Crippen LogP contribution >= 0.6 is 0 Å². The highest BCUT2D eigenvalue weighted by molar-refractivity contribution is 7.89. The third-order valence-corrected chi connectivity index (χ3v) is 6.85. The van der Waals surface area contributed by atoms with Crippen molar-refractivity contribution < 1.29 is 46.4 Å². The molecule has 0 fully saturated rings. The molecule has 0 radical (unpaired) electrons. The van der Waals surface area contributed by atoms with Gasteiger partial charge < -0.3 is 38.5 Å². The fourth-order valence-electron chi connectivity index (χ4n) is 3.38. The second-order valence-electron chi connectivity index (χ2n) is 8.54. The van der Waals surface area contributed by atoms with E-state index in [0.717, 1.165) is 27.3 Å². The number of carbonyl (C=O) groups excluding carboxylic acids is 1. The van der Waals surface area contributed by atoms with E-state index in [4.69, 9.17) is 4.74 Å². The standard InChI is InChI=1S/C23H29N3O4S.HI/c1-25-21(23(27)24-15-10-16-26(2,3)4)22(30-17-18-11-6-5-7-12-18)19-13-8-9-14-20(19)31(25,28)29;/h5-9,11-14H,10,15-17H2,1-4H3;1H. The first-order valence-electron chi connectivity index (χ1n) is 10.2. The molecule has 0 bridgehead atoms. The van der Waals surface area contributed by atoms with E-state index in [1.165, 1.54) is 13.1 Å². The molecule has 3 rings (SSSR count). The van der Waals surface area contributed by atoms with Crippen molar-refractivity contribution in [1.82, 2.24) is 9.62 Å². The Kier molecular flexibility index (Phi) is 8.72. The van der Waals surface area contributed by atoms with Gasteiger partial charge in [0.1, 0.15) is 6.61 Å². The SMILES string of the molecule is CN1C(C(=O)NCCC[N+](C)(C)C)=C(OCc2ccccc2)c2ccccc2S1(=O)=O.[I-]. The molecule has 0 aromatic heterocycles. The lowest BCUT2D eigenvalue weighted by molar-refractivity contribution is -0.870. The smallest absolute Gasteiger partial charge is 0.272 e. The zero-order valence-corrected chi connectivity index (χ0v) is 21.8. The van der Waals surface area contributed by atoms with Gasteiger partial charge in [0.25, 0.3) is 15.9 Å². The number of amides is 1. The van der Waals surface area contributed by atoms with Crippen LogP contribution in [-0.4, -0.2) is 64.4 Å². The lowest BCUT2D eigenvalue weighted by Gasteiger charge is -2.30. The maximum absolute atomic E-state index is 13.1. The van der Waals surface area contributed by atoms with Crippen LogP contribution in [0, 0.1) is 0 Å². The molecule has 1 amide bonds. The first kappa shape index (κ1) is 26.1. The zero-order valence-electron chi connectivity index (χ0n) is 18.8. The molecule has 2 aromatic carbocycles. The Morgan fingerprint density at radius 2 is 1.66 bits per heavy atom. The van der Waals surface area contributed by atoms with Gasteiger partial charge >= 0.3 is 0 Å². The van der Waals surface area contributed by atoms with Crippen LogP contribution in [0.1, 0.15) is 17.5 Å².